The van der Waals surface area contributed by atoms with Crippen molar-refractivity contribution in [3.05, 3.63) is 35.0 Å². The lowest BCUT2D eigenvalue weighted by Crippen LogP contribution is -1.99. The van der Waals surface area contributed by atoms with E-state index in [1.54, 1.807) is 18.4 Å². The molecule has 1 heterocycles. The summed E-state index contributed by atoms with van der Waals surface area (Å²) in [5.41, 5.74) is 1.68. The highest BCUT2D eigenvalue weighted by Crippen LogP contribution is 2.24. The summed E-state index contributed by atoms with van der Waals surface area (Å²) in [4.78, 5) is 11.3. The van der Waals surface area contributed by atoms with E-state index in [1.165, 1.54) is 0 Å². The van der Waals surface area contributed by atoms with E-state index < -0.39 is 0 Å². The number of carbonyl (C=O) groups excluding carboxylic acids is 1. The molecule has 0 aliphatic rings. The second kappa shape index (κ2) is 4.07. The van der Waals surface area contributed by atoms with Crippen LogP contribution in [0.2, 0.25) is 5.02 Å². The highest BCUT2D eigenvalue weighted by Gasteiger charge is 2.09. The van der Waals surface area contributed by atoms with Gasteiger partial charge in [0.05, 0.1) is 6.26 Å². The van der Waals surface area contributed by atoms with Crippen molar-refractivity contribution in [2.45, 2.75) is 19.8 Å². The number of halogens is 1. The molecule has 0 N–H and O–H groups in total. The first-order valence-electron chi connectivity index (χ1n) is 4.88. The standard InChI is InChI=1S/C12H11ClO2/c1-2-10(14)5-8-7-15-12-6-9(13)3-4-11(8)12/h3-4,6-7H,2,5H2,1H3. The molecule has 2 rings (SSSR count). The SMILES string of the molecule is CCC(=O)Cc1coc2cc(Cl)ccc12. The van der Waals surface area contributed by atoms with E-state index in [9.17, 15) is 4.79 Å². The Kier molecular flexibility index (Phi) is 2.78. The Labute approximate surface area is 92.8 Å². The van der Waals surface area contributed by atoms with Gasteiger partial charge in [-0.1, -0.05) is 18.5 Å². The van der Waals surface area contributed by atoms with Crippen molar-refractivity contribution in [3.8, 4) is 0 Å². The second-order valence-corrected chi connectivity index (χ2v) is 3.91. The van der Waals surface area contributed by atoms with E-state index in [1.807, 2.05) is 13.0 Å². The molecule has 3 heteroatoms. The fourth-order valence-electron chi connectivity index (χ4n) is 1.53. The number of benzene rings is 1. The number of ketones is 1. The van der Waals surface area contributed by atoms with Crippen molar-refractivity contribution in [1.29, 1.82) is 0 Å². The summed E-state index contributed by atoms with van der Waals surface area (Å²) >= 11 is 5.83. The third-order valence-corrected chi connectivity index (χ3v) is 2.63. The first kappa shape index (κ1) is 10.2. The maximum absolute atomic E-state index is 11.3. The van der Waals surface area contributed by atoms with Crippen LogP contribution in [0.15, 0.2) is 28.9 Å². The molecule has 0 amide bonds. The summed E-state index contributed by atoms with van der Waals surface area (Å²) in [5, 5.41) is 1.62. The minimum absolute atomic E-state index is 0.215. The Balaban J connectivity index is 2.41. The minimum Gasteiger partial charge on any atom is -0.464 e. The van der Waals surface area contributed by atoms with Crippen LogP contribution < -0.4 is 0 Å². The van der Waals surface area contributed by atoms with Crippen LogP contribution in [0, 0.1) is 0 Å². The molecule has 1 aromatic carbocycles. The summed E-state index contributed by atoms with van der Waals surface area (Å²) < 4.78 is 5.34. The highest BCUT2D eigenvalue weighted by atomic mass is 35.5. The molecule has 0 unspecified atom stereocenters. The molecule has 0 atom stereocenters. The molecule has 2 aromatic rings. The van der Waals surface area contributed by atoms with Gasteiger partial charge in [-0.05, 0) is 18.2 Å². The van der Waals surface area contributed by atoms with Crippen LogP contribution in [0.1, 0.15) is 18.9 Å². The maximum Gasteiger partial charge on any atom is 0.137 e. The molecule has 1 aromatic heterocycles. The van der Waals surface area contributed by atoms with E-state index in [2.05, 4.69) is 0 Å². The number of furan rings is 1. The van der Waals surface area contributed by atoms with Crippen molar-refractivity contribution in [2.24, 2.45) is 0 Å². The molecular formula is C12H11ClO2. The van der Waals surface area contributed by atoms with Crippen LogP contribution in [-0.4, -0.2) is 5.78 Å². The molecule has 0 aliphatic carbocycles. The van der Waals surface area contributed by atoms with Crippen molar-refractivity contribution >= 4 is 28.4 Å². The summed E-state index contributed by atoms with van der Waals surface area (Å²) in [6.07, 6.45) is 2.62. The van der Waals surface area contributed by atoms with E-state index in [0.29, 0.717) is 17.9 Å². The van der Waals surface area contributed by atoms with Gasteiger partial charge in [-0.2, -0.15) is 0 Å². The van der Waals surface area contributed by atoms with Crippen LogP contribution in [0.4, 0.5) is 0 Å². The van der Waals surface area contributed by atoms with Gasteiger partial charge in [-0.25, -0.2) is 0 Å². The molecule has 0 saturated carbocycles. The molecule has 0 spiro atoms. The smallest absolute Gasteiger partial charge is 0.137 e. The van der Waals surface area contributed by atoms with Gasteiger partial charge in [-0.3, -0.25) is 4.79 Å². The van der Waals surface area contributed by atoms with Gasteiger partial charge >= 0.3 is 0 Å². The number of carbonyl (C=O) groups is 1. The lowest BCUT2D eigenvalue weighted by Gasteiger charge is -1.95. The van der Waals surface area contributed by atoms with Crippen LogP contribution in [0.25, 0.3) is 11.0 Å². The van der Waals surface area contributed by atoms with Crippen molar-refractivity contribution in [3.63, 3.8) is 0 Å². The Morgan fingerprint density at radius 1 is 1.47 bits per heavy atom. The second-order valence-electron chi connectivity index (χ2n) is 3.47. The van der Waals surface area contributed by atoms with Gasteiger partial charge in [0, 0.05) is 28.8 Å². The summed E-state index contributed by atoms with van der Waals surface area (Å²) in [5.74, 6) is 0.215. The molecule has 78 valence electrons. The van der Waals surface area contributed by atoms with Crippen LogP contribution in [0.5, 0.6) is 0 Å². The molecule has 0 bridgehead atoms. The number of Topliss-reactive ketones (excluding diaryl/α,β-unsaturated/α-hetero) is 1. The monoisotopic (exact) mass is 222 g/mol. The van der Waals surface area contributed by atoms with E-state index in [4.69, 9.17) is 16.0 Å². The average molecular weight is 223 g/mol. The predicted molar refractivity (Wildman–Crippen MR) is 60.2 cm³/mol. The van der Waals surface area contributed by atoms with Crippen LogP contribution in [-0.2, 0) is 11.2 Å². The summed E-state index contributed by atoms with van der Waals surface area (Å²) in [7, 11) is 0. The average Bonchev–Trinajstić information content (AvgIpc) is 2.60. The van der Waals surface area contributed by atoms with Crippen molar-refractivity contribution < 1.29 is 9.21 Å². The molecule has 0 aliphatic heterocycles. The third-order valence-electron chi connectivity index (χ3n) is 2.40. The van der Waals surface area contributed by atoms with E-state index >= 15 is 0 Å². The van der Waals surface area contributed by atoms with Crippen molar-refractivity contribution in [1.82, 2.24) is 0 Å². The summed E-state index contributed by atoms with van der Waals surface area (Å²) in [6.45, 7) is 1.86. The molecule has 15 heavy (non-hydrogen) atoms. The van der Waals surface area contributed by atoms with Gasteiger partial charge in [0.15, 0.2) is 0 Å². The number of hydrogen-bond acceptors (Lipinski definition) is 2. The first-order chi connectivity index (χ1) is 7.20. The Morgan fingerprint density at radius 2 is 2.27 bits per heavy atom. The van der Waals surface area contributed by atoms with Crippen LogP contribution in [0.3, 0.4) is 0 Å². The normalized spacial score (nSPS) is 10.8. The number of fused-ring (bicyclic) bond motifs is 1. The number of hydrogen-bond donors (Lipinski definition) is 0. The van der Waals surface area contributed by atoms with Gasteiger partial charge in [0.1, 0.15) is 11.4 Å². The zero-order valence-electron chi connectivity index (χ0n) is 8.42. The quantitative estimate of drug-likeness (QED) is 0.794. The summed E-state index contributed by atoms with van der Waals surface area (Å²) in [6, 6.07) is 5.45. The van der Waals surface area contributed by atoms with Crippen molar-refractivity contribution in [2.75, 3.05) is 0 Å². The zero-order valence-corrected chi connectivity index (χ0v) is 9.17. The maximum atomic E-state index is 11.3. The first-order valence-corrected chi connectivity index (χ1v) is 5.26. The fraction of sp³-hybridized carbons (Fsp3) is 0.250. The fourth-order valence-corrected chi connectivity index (χ4v) is 1.69. The van der Waals surface area contributed by atoms with Gasteiger partial charge in [-0.15, -0.1) is 0 Å². The number of rotatable bonds is 3. The molecule has 2 nitrogen and oxygen atoms in total. The van der Waals surface area contributed by atoms with Gasteiger partial charge in [0.25, 0.3) is 0 Å². The minimum atomic E-state index is 0.215. The Morgan fingerprint density at radius 3 is 3.00 bits per heavy atom. The Bertz CT molecular complexity index is 499. The van der Waals surface area contributed by atoms with E-state index in [-0.39, 0.29) is 5.78 Å². The molecule has 0 radical (unpaired) electrons. The lowest BCUT2D eigenvalue weighted by molar-refractivity contribution is -0.118. The topological polar surface area (TPSA) is 30.2 Å². The lowest BCUT2D eigenvalue weighted by atomic mass is 10.1. The third kappa shape index (κ3) is 2.05. The molecule has 0 saturated heterocycles. The Hall–Kier alpha value is -1.28. The molecular weight excluding hydrogens is 212 g/mol. The zero-order chi connectivity index (χ0) is 10.8. The van der Waals surface area contributed by atoms with Gasteiger partial charge in [0.2, 0.25) is 0 Å². The van der Waals surface area contributed by atoms with E-state index in [0.717, 1.165) is 16.5 Å². The molecule has 0 fully saturated rings. The van der Waals surface area contributed by atoms with Crippen LogP contribution >= 0.6 is 11.6 Å². The predicted octanol–water partition coefficient (Wildman–Crippen LogP) is 3.61. The largest absolute Gasteiger partial charge is 0.464 e. The highest BCUT2D eigenvalue weighted by molar-refractivity contribution is 6.31. The van der Waals surface area contributed by atoms with Gasteiger partial charge < -0.3 is 4.42 Å².